The van der Waals surface area contributed by atoms with Gasteiger partial charge < -0.3 is 49.2 Å². The van der Waals surface area contributed by atoms with Crippen LogP contribution in [-0.2, 0) is 57.1 Å². The summed E-state index contributed by atoms with van der Waals surface area (Å²) in [6.45, 7) is 11.7. The molecule has 4 aromatic carbocycles. The Morgan fingerprint density at radius 1 is 0.750 bits per heavy atom. The van der Waals surface area contributed by atoms with Crippen LogP contribution in [-0.4, -0.2) is 121 Å². The Kier molecular flexibility index (Phi) is 17.0. The summed E-state index contributed by atoms with van der Waals surface area (Å²) in [5.41, 5.74) is 4.80. The predicted molar refractivity (Wildman–Crippen MR) is 291 cm³/mol. The molecule has 4 aliphatic heterocycles. The Bertz CT molecular complexity index is 2860. The zero-order chi connectivity index (χ0) is 53.7. The van der Waals surface area contributed by atoms with Gasteiger partial charge in [-0.15, -0.1) is 5.10 Å². The third-order valence-corrected chi connectivity index (χ3v) is 17.8. The van der Waals surface area contributed by atoms with E-state index >= 15 is 8.90 Å². The molecule has 9 rings (SSSR count). The number of anilines is 5. The maximum absolute atomic E-state index is 17.1. The van der Waals surface area contributed by atoms with Crippen LogP contribution in [0.5, 0.6) is 11.5 Å². The highest BCUT2D eigenvalue weighted by molar-refractivity contribution is 6.72. The molecule has 76 heavy (non-hydrogen) atoms. The number of carbonyl (C=O) groups is 3. The summed E-state index contributed by atoms with van der Waals surface area (Å²) in [7, 11) is -3.59. The number of amides is 3. The van der Waals surface area contributed by atoms with Gasteiger partial charge in [0.25, 0.3) is 5.91 Å². The summed E-state index contributed by atoms with van der Waals surface area (Å²) in [5.74, 6) is 0.170. The van der Waals surface area contributed by atoms with Crippen LogP contribution < -0.4 is 34.8 Å². The summed E-state index contributed by atoms with van der Waals surface area (Å²) >= 11 is 0. The van der Waals surface area contributed by atoms with E-state index in [4.69, 9.17) is 14.2 Å². The number of aromatic nitrogens is 3. The molecule has 0 bridgehead atoms. The molecule has 0 radical (unpaired) electrons. The van der Waals surface area contributed by atoms with E-state index in [1.165, 1.54) is 0 Å². The summed E-state index contributed by atoms with van der Waals surface area (Å²) in [6, 6.07) is 23.6. The fourth-order valence-electron chi connectivity index (χ4n) is 11.9. The molecule has 17 nitrogen and oxygen atoms in total. The molecule has 1 fully saturated rings. The van der Waals surface area contributed by atoms with Gasteiger partial charge in [0.05, 0.1) is 60.7 Å². The number of carbonyl (C=O) groups excluding carboxylic acids is 3. The summed E-state index contributed by atoms with van der Waals surface area (Å²) in [5, 5.41) is 43.7. The van der Waals surface area contributed by atoms with Crippen LogP contribution in [0.1, 0.15) is 80.8 Å². The number of nitrogens with zero attached hydrogens (tertiary/aromatic N) is 6. The van der Waals surface area contributed by atoms with Gasteiger partial charge in [-0.25, -0.2) is 0 Å². The highest BCUT2D eigenvalue weighted by Crippen LogP contribution is 2.61. The molecule has 0 saturated carbocycles. The monoisotopic (exact) mass is 1060 g/mol. The van der Waals surface area contributed by atoms with E-state index in [9.17, 15) is 24.9 Å². The van der Waals surface area contributed by atoms with E-state index in [0.717, 1.165) is 34.5 Å². The first kappa shape index (κ1) is 54.7. The van der Waals surface area contributed by atoms with Crippen LogP contribution in [0.25, 0.3) is 0 Å². The van der Waals surface area contributed by atoms with Crippen LogP contribution in [0, 0.1) is 5.92 Å². The highest BCUT2D eigenvalue weighted by Gasteiger charge is 2.67. The maximum Gasteiger partial charge on any atom is 0.264 e. The number of hydrogen-bond acceptors (Lipinski definition) is 13. The zero-order valence-corrected chi connectivity index (χ0v) is 45.3. The molecule has 406 valence electrons. The number of aliphatic hydroxyl groups excluding tert-OH is 3. The number of nitrogens with one attached hydrogen (secondary N) is 2. The van der Waals surface area contributed by atoms with Crippen LogP contribution in [0.2, 0.25) is 18.6 Å². The summed E-state index contributed by atoms with van der Waals surface area (Å²) in [6.07, 6.45) is 5.32. The number of rotatable bonds is 24. The molecule has 1 spiro atoms. The van der Waals surface area contributed by atoms with Crippen molar-refractivity contribution in [1.82, 2.24) is 25.6 Å². The highest BCUT2D eigenvalue weighted by atomic mass is 28.4. The van der Waals surface area contributed by atoms with Crippen LogP contribution in [0.4, 0.5) is 32.5 Å². The minimum absolute atomic E-state index is 0.0539. The van der Waals surface area contributed by atoms with E-state index in [1.54, 1.807) is 38.7 Å². The van der Waals surface area contributed by atoms with Crippen molar-refractivity contribution in [2.75, 3.05) is 60.8 Å². The Labute approximate surface area is 445 Å². The Morgan fingerprint density at radius 3 is 1.87 bits per heavy atom. The van der Waals surface area contributed by atoms with E-state index < -0.39 is 43.7 Å². The SMILES string of the molecule is CCOc1ccc2c(c1)CC(NCCCCO)C(=O)N2c1ccc(CN2C(=O)[C@@]3(O[C@@H](CCn4cc(CCO)nn4)[C@H]([Si](C)(C)F)[C@H]3C)c3cc(N4C(=O)C(NCCCCO)Cc5cc(OCC)ccc54)ccc32)cc1. The molecule has 2 unspecified atom stereocenters. The molecule has 6 atom stereocenters. The number of halogens is 1. The molecule has 0 aliphatic carbocycles. The lowest BCUT2D eigenvalue weighted by atomic mass is 9.82. The molecule has 5 aromatic rings. The van der Waals surface area contributed by atoms with Gasteiger partial charge in [0, 0.05) is 67.4 Å². The van der Waals surface area contributed by atoms with E-state index in [-0.39, 0.29) is 44.1 Å². The predicted octanol–water partition coefficient (Wildman–Crippen LogP) is 6.93. The maximum atomic E-state index is 17.1. The summed E-state index contributed by atoms with van der Waals surface area (Å²) < 4.78 is 37.7. The largest absolute Gasteiger partial charge is 0.494 e. The zero-order valence-electron chi connectivity index (χ0n) is 44.3. The van der Waals surface area contributed by atoms with Crippen molar-refractivity contribution in [3.8, 4) is 11.5 Å². The van der Waals surface area contributed by atoms with Gasteiger partial charge in [0.15, 0.2) is 5.60 Å². The Morgan fingerprint density at radius 2 is 1.32 bits per heavy atom. The number of hydrogen-bond donors (Lipinski definition) is 5. The van der Waals surface area contributed by atoms with Crippen LogP contribution in [0.15, 0.2) is 85.1 Å². The lowest BCUT2D eigenvalue weighted by Gasteiger charge is -2.36. The van der Waals surface area contributed by atoms with Crippen molar-refractivity contribution in [1.29, 1.82) is 0 Å². The van der Waals surface area contributed by atoms with Crippen molar-refractivity contribution < 1.29 is 48.0 Å². The normalized spacial score (nSPS) is 22.1. The second-order valence-corrected chi connectivity index (χ2v) is 24.6. The quantitative estimate of drug-likeness (QED) is 0.0242. The molecule has 5 heterocycles. The van der Waals surface area contributed by atoms with Gasteiger partial charge in [-0.2, -0.15) is 0 Å². The van der Waals surface area contributed by atoms with E-state index in [1.807, 2.05) is 99.6 Å². The first-order valence-corrected chi connectivity index (χ1v) is 30.0. The number of aliphatic hydroxyl groups is 3. The number of benzene rings is 4. The standard InChI is InChI=1S/C57H73FN8O9Si/c1-6-73-44-17-20-49-39(30-44)32-47(59-24-8-10-27-67)54(70)65(49)42-14-12-38(13-15-42)35-64-51-19-16-43(66-50-21-18-45(74-7-2)31-40(50)33-48(55(66)71)60-25-9-11-28-68)34-46(51)57(56(64)72)37(3)53(76(4,5)58)52(75-57)22-26-63-36-41(23-29-69)61-62-63/h12-21,30-31,34,36-37,47-48,52-53,59-60,67-69H,6-11,22-29,32-33,35H2,1-5H3/t37-,47?,48?,52+,53-,57+/m1/s1. The van der Waals surface area contributed by atoms with Gasteiger partial charge in [0.1, 0.15) is 11.5 Å². The average Bonchev–Trinajstić information content (AvgIpc) is 4.05. The number of ether oxygens (including phenoxy) is 3. The lowest BCUT2D eigenvalue weighted by Crippen LogP contribution is -2.49. The molecule has 1 saturated heterocycles. The third kappa shape index (κ3) is 10.9. The molecule has 3 amide bonds. The number of aryl methyl sites for hydroxylation is 1. The smallest absolute Gasteiger partial charge is 0.264 e. The minimum atomic E-state index is -3.59. The van der Waals surface area contributed by atoms with Gasteiger partial charge >= 0.3 is 0 Å². The van der Waals surface area contributed by atoms with E-state index in [2.05, 4.69) is 20.9 Å². The van der Waals surface area contributed by atoms with Gasteiger partial charge in [0.2, 0.25) is 20.2 Å². The van der Waals surface area contributed by atoms with Gasteiger partial charge in [-0.3, -0.25) is 28.9 Å². The third-order valence-electron chi connectivity index (χ3n) is 15.4. The summed E-state index contributed by atoms with van der Waals surface area (Å²) in [4.78, 5) is 50.1. The Balaban J connectivity index is 1.09. The van der Waals surface area contributed by atoms with Gasteiger partial charge in [-0.1, -0.05) is 24.3 Å². The first-order chi connectivity index (χ1) is 36.7. The van der Waals surface area contributed by atoms with Crippen molar-refractivity contribution in [3.63, 3.8) is 0 Å². The van der Waals surface area contributed by atoms with Crippen LogP contribution in [0.3, 0.4) is 0 Å². The minimum Gasteiger partial charge on any atom is -0.494 e. The van der Waals surface area contributed by atoms with E-state index in [0.29, 0.717) is 118 Å². The van der Waals surface area contributed by atoms with Crippen molar-refractivity contribution in [2.45, 2.75) is 128 Å². The number of unbranched alkanes of at least 4 members (excludes halogenated alkanes) is 2. The molecular weight excluding hydrogens is 988 g/mol. The lowest BCUT2D eigenvalue weighted by molar-refractivity contribution is -0.146. The fraction of sp³-hybridized carbons (Fsp3) is 0.491. The van der Waals surface area contributed by atoms with Crippen molar-refractivity contribution in [3.05, 3.63) is 113 Å². The second kappa shape index (κ2) is 23.7. The molecule has 4 aliphatic rings. The average molecular weight is 1060 g/mol. The molecule has 5 N–H and O–H groups in total. The van der Waals surface area contributed by atoms with Crippen molar-refractivity contribution >= 4 is 54.6 Å². The molecular formula is C57H73FN8O9Si. The second-order valence-electron chi connectivity index (χ2n) is 20.8. The first-order valence-electron chi connectivity index (χ1n) is 27.0. The topological polar surface area (TPSA) is 204 Å². The molecule has 1 aromatic heterocycles. The van der Waals surface area contributed by atoms with Crippen LogP contribution >= 0.6 is 0 Å². The Hall–Kier alpha value is -6.06. The molecule has 19 heteroatoms. The number of fused-ring (bicyclic) bond motifs is 4. The fourth-order valence-corrected chi connectivity index (χ4v) is 14.5. The van der Waals surface area contributed by atoms with Crippen molar-refractivity contribution in [2.24, 2.45) is 5.92 Å². The van der Waals surface area contributed by atoms with Gasteiger partial charge in [-0.05, 0) is 168 Å².